The Labute approximate surface area is 144 Å². The van der Waals surface area contributed by atoms with Crippen LogP contribution in [0.15, 0.2) is 60.9 Å². The fraction of sp³-hybridized carbons (Fsp3) is 0.100. The van der Waals surface area contributed by atoms with Gasteiger partial charge in [-0.25, -0.2) is 0 Å². The Kier molecular flexibility index (Phi) is 3.82. The second-order valence-electron chi connectivity index (χ2n) is 5.49. The zero-order valence-corrected chi connectivity index (χ0v) is 13.9. The van der Waals surface area contributed by atoms with E-state index in [1.807, 2.05) is 48.5 Å². The summed E-state index contributed by atoms with van der Waals surface area (Å²) in [7, 11) is 3.21. The average molecular weight is 332 g/mol. The molecular formula is C20H16N2O3. The number of methoxy groups -OCH3 is 2. The molecule has 0 spiro atoms. The Balaban J connectivity index is 1.79. The van der Waals surface area contributed by atoms with Gasteiger partial charge in [0.15, 0.2) is 11.5 Å². The predicted molar refractivity (Wildman–Crippen MR) is 96.7 cm³/mol. The lowest BCUT2D eigenvalue weighted by Crippen LogP contribution is -1.93. The van der Waals surface area contributed by atoms with Crippen LogP contribution in [0.2, 0.25) is 0 Å². The van der Waals surface area contributed by atoms with Gasteiger partial charge in [0, 0.05) is 29.2 Å². The molecule has 4 rings (SSSR count). The summed E-state index contributed by atoms with van der Waals surface area (Å²) in [6.45, 7) is 0. The lowest BCUT2D eigenvalue weighted by Gasteiger charge is -2.12. The minimum absolute atomic E-state index is 0.635. The van der Waals surface area contributed by atoms with Gasteiger partial charge in [0.2, 0.25) is 0 Å². The van der Waals surface area contributed by atoms with Crippen LogP contribution in [0.3, 0.4) is 0 Å². The van der Waals surface area contributed by atoms with Crippen LogP contribution in [-0.2, 0) is 0 Å². The van der Waals surface area contributed by atoms with Crippen LogP contribution in [0.1, 0.15) is 0 Å². The molecule has 4 aromatic rings. The fourth-order valence-electron chi connectivity index (χ4n) is 2.78. The zero-order valence-electron chi connectivity index (χ0n) is 13.9. The highest BCUT2D eigenvalue weighted by atomic mass is 16.5. The lowest BCUT2D eigenvalue weighted by atomic mass is 10.1. The van der Waals surface area contributed by atoms with Gasteiger partial charge in [-0.15, -0.1) is 0 Å². The largest absolute Gasteiger partial charge is 0.493 e. The van der Waals surface area contributed by atoms with Crippen molar-refractivity contribution >= 4 is 21.8 Å². The third kappa shape index (κ3) is 2.80. The number of hydrogen-bond acceptors (Lipinski definition) is 5. The molecule has 0 aliphatic rings. The highest BCUT2D eigenvalue weighted by Crippen LogP contribution is 2.37. The van der Waals surface area contributed by atoms with Crippen LogP contribution < -0.4 is 14.2 Å². The summed E-state index contributed by atoms with van der Waals surface area (Å²) >= 11 is 0. The summed E-state index contributed by atoms with van der Waals surface area (Å²) < 4.78 is 16.8. The monoisotopic (exact) mass is 332 g/mol. The van der Waals surface area contributed by atoms with E-state index in [-0.39, 0.29) is 0 Å². The fourth-order valence-corrected chi connectivity index (χ4v) is 2.78. The lowest BCUT2D eigenvalue weighted by molar-refractivity contribution is 0.355. The van der Waals surface area contributed by atoms with E-state index in [1.54, 1.807) is 26.6 Å². The first kappa shape index (κ1) is 15.2. The normalized spacial score (nSPS) is 10.8. The molecule has 0 aliphatic carbocycles. The molecule has 0 saturated heterocycles. The second-order valence-corrected chi connectivity index (χ2v) is 5.49. The molecule has 0 fully saturated rings. The predicted octanol–water partition coefficient (Wildman–Crippen LogP) is 4.59. The van der Waals surface area contributed by atoms with Crippen molar-refractivity contribution in [3.8, 4) is 23.0 Å². The van der Waals surface area contributed by atoms with Crippen molar-refractivity contribution in [1.29, 1.82) is 0 Å². The Morgan fingerprint density at radius 1 is 0.720 bits per heavy atom. The third-order valence-electron chi connectivity index (χ3n) is 4.01. The van der Waals surface area contributed by atoms with E-state index in [2.05, 4.69) is 9.97 Å². The van der Waals surface area contributed by atoms with E-state index in [4.69, 9.17) is 14.2 Å². The first-order chi connectivity index (χ1) is 12.3. The van der Waals surface area contributed by atoms with Crippen LogP contribution in [0.25, 0.3) is 21.8 Å². The smallest absolute Gasteiger partial charge is 0.162 e. The molecule has 0 saturated carbocycles. The number of nitrogens with zero attached hydrogens (tertiary/aromatic N) is 2. The van der Waals surface area contributed by atoms with Crippen molar-refractivity contribution in [2.45, 2.75) is 0 Å². The van der Waals surface area contributed by atoms with Gasteiger partial charge in [0.05, 0.1) is 25.3 Å². The van der Waals surface area contributed by atoms with E-state index in [9.17, 15) is 0 Å². The average Bonchev–Trinajstić information content (AvgIpc) is 2.67. The van der Waals surface area contributed by atoms with Crippen LogP contribution >= 0.6 is 0 Å². The molecule has 5 nitrogen and oxygen atoms in total. The molecule has 25 heavy (non-hydrogen) atoms. The number of ether oxygens (including phenoxy) is 3. The minimum Gasteiger partial charge on any atom is -0.493 e. The van der Waals surface area contributed by atoms with Gasteiger partial charge < -0.3 is 14.2 Å². The molecular weight excluding hydrogens is 316 g/mol. The van der Waals surface area contributed by atoms with E-state index in [1.165, 1.54) is 0 Å². The maximum atomic E-state index is 6.11. The van der Waals surface area contributed by atoms with Crippen molar-refractivity contribution in [1.82, 2.24) is 9.97 Å². The number of hydrogen-bond donors (Lipinski definition) is 0. The summed E-state index contributed by atoms with van der Waals surface area (Å²) in [5, 5.41) is 1.88. The van der Waals surface area contributed by atoms with Crippen molar-refractivity contribution < 1.29 is 14.2 Å². The number of rotatable bonds is 4. The minimum atomic E-state index is 0.635. The molecule has 5 heteroatoms. The Hall–Kier alpha value is -3.34. The highest BCUT2D eigenvalue weighted by molar-refractivity contribution is 5.88. The van der Waals surface area contributed by atoms with Gasteiger partial charge in [-0.3, -0.25) is 9.97 Å². The molecule has 2 aromatic carbocycles. The Morgan fingerprint density at radius 3 is 2.36 bits per heavy atom. The molecule has 0 atom stereocenters. The van der Waals surface area contributed by atoms with E-state index in [0.717, 1.165) is 27.6 Å². The highest BCUT2D eigenvalue weighted by Gasteiger charge is 2.11. The van der Waals surface area contributed by atoms with Crippen LogP contribution in [-0.4, -0.2) is 24.2 Å². The summed E-state index contributed by atoms with van der Waals surface area (Å²) in [5.74, 6) is 2.71. The zero-order chi connectivity index (χ0) is 17.2. The van der Waals surface area contributed by atoms with Gasteiger partial charge in [-0.2, -0.15) is 0 Å². The van der Waals surface area contributed by atoms with Crippen LogP contribution in [0.4, 0.5) is 0 Å². The molecule has 2 aromatic heterocycles. The van der Waals surface area contributed by atoms with E-state index in [0.29, 0.717) is 17.2 Å². The van der Waals surface area contributed by atoms with Crippen LogP contribution in [0.5, 0.6) is 23.0 Å². The van der Waals surface area contributed by atoms with Gasteiger partial charge in [-0.05, 0) is 36.4 Å². The van der Waals surface area contributed by atoms with Gasteiger partial charge in [-0.1, -0.05) is 6.07 Å². The molecule has 0 N–H and O–H groups in total. The summed E-state index contributed by atoms with van der Waals surface area (Å²) in [5.41, 5.74) is 1.71. The SMILES string of the molecule is COc1cc2nccc(Oc3ccc4ncccc4c3)c2cc1OC. The molecule has 0 unspecified atom stereocenters. The third-order valence-corrected chi connectivity index (χ3v) is 4.01. The number of aromatic nitrogens is 2. The standard InChI is InChI=1S/C20H16N2O3/c1-23-19-11-15-17(12-20(19)24-2)22-9-7-18(15)25-14-5-6-16-13(10-14)4-3-8-21-16/h3-12H,1-2H3. The maximum Gasteiger partial charge on any atom is 0.162 e. The van der Waals surface area contributed by atoms with Crippen molar-refractivity contribution in [3.05, 3.63) is 60.9 Å². The van der Waals surface area contributed by atoms with Crippen molar-refractivity contribution in [3.63, 3.8) is 0 Å². The van der Waals surface area contributed by atoms with Gasteiger partial charge >= 0.3 is 0 Å². The summed E-state index contributed by atoms with van der Waals surface area (Å²) in [6.07, 6.45) is 3.49. The molecule has 124 valence electrons. The van der Waals surface area contributed by atoms with E-state index < -0.39 is 0 Å². The van der Waals surface area contributed by atoms with Crippen LogP contribution in [0, 0.1) is 0 Å². The van der Waals surface area contributed by atoms with Crippen molar-refractivity contribution in [2.24, 2.45) is 0 Å². The maximum absolute atomic E-state index is 6.11. The second kappa shape index (κ2) is 6.28. The summed E-state index contributed by atoms with van der Waals surface area (Å²) in [4.78, 5) is 8.72. The molecule has 0 amide bonds. The Bertz CT molecular complexity index is 1060. The first-order valence-electron chi connectivity index (χ1n) is 7.82. The van der Waals surface area contributed by atoms with Gasteiger partial charge in [0.25, 0.3) is 0 Å². The van der Waals surface area contributed by atoms with E-state index >= 15 is 0 Å². The molecule has 2 heterocycles. The molecule has 0 aliphatic heterocycles. The molecule has 0 radical (unpaired) electrons. The topological polar surface area (TPSA) is 53.5 Å². The number of pyridine rings is 2. The molecule has 0 bridgehead atoms. The number of benzene rings is 2. The van der Waals surface area contributed by atoms with Crippen molar-refractivity contribution in [2.75, 3.05) is 14.2 Å². The van der Waals surface area contributed by atoms with Gasteiger partial charge in [0.1, 0.15) is 11.5 Å². The quantitative estimate of drug-likeness (QED) is 0.547. The number of fused-ring (bicyclic) bond motifs is 2. The first-order valence-corrected chi connectivity index (χ1v) is 7.82. The Morgan fingerprint density at radius 2 is 1.52 bits per heavy atom. The summed E-state index contributed by atoms with van der Waals surface area (Å²) in [6, 6.07) is 15.3.